The maximum absolute atomic E-state index is 14.7. The fraction of sp³-hybridized carbons (Fsp3) is 0.475. The first kappa shape index (κ1) is 39.3. The van der Waals surface area contributed by atoms with E-state index in [4.69, 9.17) is 0 Å². The summed E-state index contributed by atoms with van der Waals surface area (Å²) in [5.41, 5.74) is 3.39. The molecule has 2 saturated heterocycles. The molecule has 284 valence electrons. The molecule has 0 aliphatic carbocycles. The highest BCUT2D eigenvalue weighted by atomic mass is 19.3. The normalized spacial score (nSPS) is 16.5. The molecule has 0 atom stereocenters. The fourth-order valence-corrected chi connectivity index (χ4v) is 7.27. The third-order valence-corrected chi connectivity index (χ3v) is 10.5. The van der Waals surface area contributed by atoms with Gasteiger partial charge in [0.05, 0.1) is 11.8 Å². The first-order valence-corrected chi connectivity index (χ1v) is 18.5. The average Bonchev–Trinajstić information content (AvgIpc) is 3.15. The van der Waals surface area contributed by atoms with Crippen molar-refractivity contribution in [3.63, 3.8) is 0 Å². The number of aromatic nitrogens is 1. The van der Waals surface area contributed by atoms with E-state index in [1.807, 2.05) is 51.2 Å². The Kier molecular flexibility index (Phi) is 13.2. The number of aryl methyl sites for hydroxylation is 1. The Morgan fingerprint density at radius 3 is 2.08 bits per heavy atom. The Morgan fingerprint density at radius 2 is 1.45 bits per heavy atom. The number of nitrogens with one attached hydrogen (secondary N) is 3. The number of likely N-dealkylation sites (tertiary alicyclic amines) is 2. The van der Waals surface area contributed by atoms with Crippen molar-refractivity contribution in [1.29, 1.82) is 0 Å². The van der Waals surface area contributed by atoms with Crippen LogP contribution in [-0.2, 0) is 40.3 Å². The largest absolute Gasteiger partial charge is 0.329 e. The van der Waals surface area contributed by atoms with Crippen LogP contribution < -0.4 is 16.0 Å². The van der Waals surface area contributed by atoms with Gasteiger partial charge in [-0.05, 0) is 79.3 Å². The molecular weight excluding hydrogens is 680 g/mol. The molecule has 3 N–H and O–H groups in total. The predicted octanol–water partition coefficient (Wildman–Crippen LogP) is 5.86. The third-order valence-electron chi connectivity index (χ3n) is 10.5. The summed E-state index contributed by atoms with van der Waals surface area (Å²) < 4.78 is 27.5. The number of carbonyl (C=O) groups is 4. The summed E-state index contributed by atoms with van der Waals surface area (Å²) in [7, 11) is 1.85. The maximum Gasteiger partial charge on any atom is 0.320 e. The Morgan fingerprint density at radius 1 is 0.792 bits per heavy atom. The predicted molar refractivity (Wildman–Crippen MR) is 200 cm³/mol. The molecule has 5 amide bonds. The van der Waals surface area contributed by atoms with Crippen LogP contribution in [0.5, 0.6) is 0 Å². The molecule has 0 saturated carbocycles. The summed E-state index contributed by atoms with van der Waals surface area (Å²) >= 11 is 0. The molecule has 11 nitrogen and oxygen atoms in total. The van der Waals surface area contributed by atoms with Crippen molar-refractivity contribution in [2.24, 2.45) is 5.41 Å². The molecule has 1 aromatic heterocycles. The van der Waals surface area contributed by atoms with Gasteiger partial charge in [-0.15, -0.1) is 0 Å². The molecule has 2 aromatic carbocycles. The number of carbonyl (C=O) groups excluding carboxylic acids is 4. The smallest absolute Gasteiger partial charge is 0.320 e. The van der Waals surface area contributed by atoms with Crippen molar-refractivity contribution in [3.05, 3.63) is 89.1 Å². The van der Waals surface area contributed by atoms with Gasteiger partial charge in [0.1, 0.15) is 12.4 Å². The SMILES string of the molecule is CCc1ccc(NC(=O)CN(Cc2ccccc2CNC)C(=O)C2(CC)CCN(C(=O)N3CCC(F)(F)CC3)CC2)cc1CC(=O)Nc1ccccn1. The number of halogens is 2. The molecule has 3 aromatic rings. The molecule has 0 unspecified atom stereocenters. The second-order valence-corrected chi connectivity index (χ2v) is 14.0. The molecule has 2 fully saturated rings. The molecule has 13 heteroatoms. The van der Waals surface area contributed by atoms with Gasteiger partial charge in [-0.1, -0.05) is 50.2 Å². The van der Waals surface area contributed by atoms with Crippen LogP contribution in [0.2, 0.25) is 0 Å². The number of benzene rings is 2. The van der Waals surface area contributed by atoms with Crippen molar-refractivity contribution in [3.8, 4) is 0 Å². The van der Waals surface area contributed by atoms with Crippen LogP contribution in [0.25, 0.3) is 0 Å². The second kappa shape index (κ2) is 17.7. The van der Waals surface area contributed by atoms with Crippen LogP contribution >= 0.6 is 0 Å². The van der Waals surface area contributed by atoms with Gasteiger partial charge in [0.15, 0.2) is 0 Å². The van der Waals surface area contributed by atoms with Gasteiger partial charge >= 0.3 is 6.03 Å². The number of amides is 5. The van der Waals surface area contributed by atoms with Gasteiger partial charge in [0.2, 0.25) is 17.7 Å². The minimum Gasteiger partial charge on any atom is -0.329 e. The van der Waals surface area contributed by atoms with E-state index in [1.165, 1.54) is 4.90 Å². The van der Waals surface area contributed by atoms with Crippen LogP contribution in [0.3, 0.4) is 0 Å². The maximum atomic E-state index is 14.7. The van der Waals surface area contributed by atoms with E-state index < -0.39 is 11.3 Å². The van der Waals surface area contributed by atoms with Crippen LogP contribution in [0.1, 0.15) is 68.2 Å². The molecule has 0 bridgehead atoms. The topological polar surface area (TPSA) is 127 Å². The lowest BCUT2D eigenvalue weighted by atomic mass is 9.74. The summed E-state index contributed by atoms with van der Waals surface area (Å²) in [5, 5.41) is 8.95. The Bertz CT molecular complexity index is 1740. The zero-order chi connectivity index (χ0) is 38.0. The lowest BCUT2D eigenvalue weighted by Gasteiger charge is -2.44. The van der Waals surface area contributed by atoms with E-state index in [1.54, 1.807) is 46.3 Å². The average molecular weight is 732 g/mol. The van der Waals surface area contributed by atoms with Gasteiger partial charge in [-0.25, -0.2) is 18.6 Å². The van der Waals surface area contributed by atoms with E-state index in [9.17, 15) is 28.0 Å². The van der Waals surface area contributed by atoms with Gasteiger partial charge in [0.25, 0.3) is 5.92 Å². The van der Waals surface area contributed by atoms with Gasteiger partial charge < -0.3 is 30.7 Å². The van der Waals surface area contributed by atoms with Gasteiger partial charge in [-0.3, -0.25) is 14.4 Å². The lowest BCUT2D eigenvalue weighted by molar-refractivity contribution is -0.148. The summed E-state index contributed by atoms with van der Waals surface area (Å²) in [6.45, 7) is 5.21. The molecule has 0 radical (unpaired) electrons. The molecule has 2 aliphatic heterocycles. The first-order chi connectivity index (χ1) is 25.5. The van der Waals surface area contributed by atoms with Crippen LogP contribution in [-0.4, -0.2) is 89.1 Å². The van der Waals surface area contributed by atoms with Crippen molar-refractivity contribution in [1.82, 2.24) is 25.0 Å². The van der Waals surface area contributed by atoms with Crippen molar-refractivity contribution in [2.45, 2.75) is 77.8 Å². The molecule has 2 aliphatic rings. The molecule has 53 heavy (non-hydrogen) atoms. The summed E-state index contributed by atoms with van der Waals surface area (Å²) in [5.74, 6) is -3.06. The van der Waals surface area contributed by atoms with Gasteiger partial charge in [-0.2, -0.15) is 0 Å². The number of piperidine rings is 2. The lowest BCUT2D eigenvalue weighted by Crippen LogP contribution is -2.55. The zero-order valence-corrected chi connectivity index (χ0v) is 30.9. The zero-order valence-electron chi connectivity index (χ0n) is 30.9. The number of pyridine rings is 1. The number of urea groups is 1. The first-order valence-electron chi connectivity index (χ1n) is 18.5. The quantitative estimate of drug-likeness (QED) is 0.203. The minimum atomic E-state index is -2.75. The summed E-state index contributed by atoms with van der Waals surface area (Å²) in [6.07, 6.45) is 3.02. The van der Waals surface area contributed by atoms with E-state index >= 15 is 0 Å². The number of nitrogens with zero attached hydrogens (tertiary/aromatic N) is 4. The third kappa shape index (κ3) is 10.2. The Balaban J connectivity index is 1.31. The summed E-state index contributed by atoms with van der Waals surface area (Å²) in [6, 6.07) is 18.3. The van der Waals surface area contributed by atoms with Crippen LogP contribution in [0.15, 0.2) is 66.9 Å². The number of rotatable bonds is 13. The van der Waals surface area contributed by atoms with Crippen LogP contribution in [0.4, 0.5) is 25.1 Å². The highest BCUT2D eigenvalue weighted by Gasteiger charge is 2.45. The highest BCUT2D eigenvalue weighted by Crippen LogP contribution is 2.38. The van der Waals surface area contributed by atoms with Gasteiger partial charge in [0, 0.05) is 64.0 Å². The second-order valence-electron chi connectivity index (χ2n) is 14.0. The van der Waals surface area contributed by atoms with Crippen molar-refractivity contribution >= 4 is 35.3 Å². The number of hydrogen-bond acceptors (Lipinski definition) is 6. The Labute approximate surface area is 310 Å². The molecule has 0 spiro atoms. The molecule has 3 heterocycles. The standard InChI is InChI=1S/C40H51F2N7O4/c1-4-29-13-14-33(24-32(29)25-35(50)46-34-12-8-9-19-44-34)45-36(51)28-49(27-31-11-7-6-10-30(31)26-43-3)37(52)39(5-2)15-20-47(21-16-39)38(53)48-22-17-40(41,42)18-23-48/h6-14,19,24,43H,4-5,15-18,20-23,25-28H2,1-3H3,(H,45,51)(H,44,46,50). The van der Waals surface area contributed by atoms with Crippen molar-refractivity contribution in [2.75, 3.05) is 50.4 Å². The highest BCUT2D eigenvalue weighted by molar-refractivity contribution is 5.96. The monoisotopic (exact) mass is 731 g/mol. The summed E-state index contributed by atoms with van der Waals surface area (Å²) in [4.78, 5) is 63.5. The minimum absolute atomic E-state index is 0.0100. The van der Waals surface area contributed by atoms with E-state index in [-0.39, 0.29) is 69.2 Å². The fourth-order valence-electron chi connectivity index (χ4n) is 7.27. The number of alkyl halides is 2. The van der Waals surface area contributed by atoms with Crippen LogP contribution in [0, 0.1) is 5.41 Å². The van der Waals surface area contributed by atoms with Crippen molar-refractivity contribution < 1.29 is 28.0 Å². The Hall–Kier alpha value is -4.91. The van der Waals surface area contributed by atoms with E-state index in [0.29, 0.717) is 56.8 Å². The number of anilines is 2. The van der Waals surface area contributed by atoms with E-state index in [2.05, 4.69) is 20.9 Å². The molecular formula is C40H51F2N7O4. The number of hydrogen-bond donors (Lipinski definition) is 3. The molecule has 5 rings (SSSR count). The van der Waals surface area contributed by atoms with E-state index in [0.717, 1.165) is 22.3 Å².